The van der Waals surface area contributed by atoms with Crippen LogP contribution in [0.15, 0.2) is 174 Å². The van der Waals surface area contributed by atoms with Crippen LogP contribution in [0.3, 0.4) is 0 Å². The van der Waals surface area contributed by atoms with Gasteiger partial charge in [0.25, 0.3) is 0 Å². The smallest absolute Gasteiger partial charge is 0.164 e. The molecule has 10 aromatic rings. The molecule has 3 heterocycles. The Morgan fingerprint density at radius 1 is 0.460 bits per heavy atom. The van der Waals surface area contributed by atoms with Crippen molar-refractivity contribution in [1.82, 2.24) is 19.5 Å². The molecule has 0 spiro atoms. The molecule has 234 valence electrons. The van der Waals surface area contributed by atoms with Gasteiger partial charge in [0.1, 0.15) is 11.2 Å². The molecule has 10 rings (SSSR count). The Kier molecular flexibility index (Phi) is 4.99. The average molecular weight is 648 g/mol. The van der Waals surface area contributed by atoms with Crippen LogP contribution < -0.4 is 0 Å². The van der Waals surface area contributed by atoms with Crippen molar-refractivity contribution in [2.45, 2.75) is 0 Å². The van der Waals surface area contributed by atoms with Gasteiger partial charge in [0.2, 0.25) is 0 Å². The molecule has 0 aliphatic carbocycles. The van der Waals surface area contributed by atoms with Gasteiger partial charge in [-0.2, -0.15) is 0 Å². The van der Waals surface area contributed by atoms with E-state index in [0.29, 0.717) is 45.0 Å². The summed E-state index contributed by atoms with van der Waals surface area (Å²) in [6, 6.07) is 37.2. The molecular weight excluding hydrogens is 613 g/mol. The van der Waals surface area contributed by atoms with Gasteiger partial charge in [-0.15, -0.1) is 0 Å². The Balaban J connectivity index is 1.38. The zero-order chi connectivity index (χ0) is 39.1. The van der Waals surface area contributed by atoms with E-state index in [9.17, 15) is 5.48 Å². The van der Waals surface area contributed by atoms with Crippen LogP contribution in [0.1, 0.15) is 9.60 Å². The summed E-state index contributed by atoms with van der Waals surface area (Å²) in [7, 11) is 0. The van der Waals surface area contributed by atoms with Crippen LogP contribution in [0, 0.1) is 0 Å². The predicted molar refractivity (Wildman–Crippen MR) is 203 cm³/mol. The highest BCUT2D eigenvalue weighted by Crippen LogP contribution is 2.42. The third-order valence-corrected chi connectivity index (χ3v) is 8.91. The molecule has 0 fully saturated rings. The van der Waals surface area contributed by atoms with Gasteiger partial charge in [-0.1, -0.05) is 139 Å². The Morgan fingerprint density at radius 2 is 1.02 bits per heavy atom. The first-order valence-electron chi connectivity index (χ1n) is 19.6. The Labute approximate surface area is 297 Å². The van der Waals surface area contributed by atoms with Gasteiger partial charge >= 0.3 is 0 Å². The zero-order valence-electron chi connectivity index (χ0n) is 33.3. The molecule has 0 aliphatic heterocycles. The normalized spacial score (nSPS) is 13.6. The second-order valence-corrected chi connectivity index (χ2v) is 11.9. The second kappa shape index (κ2) is 11.4. The Bertz CT molecular complexity index is 3200. The third-order valence-electron chi connectivity index (χ3n) is 8.91. The molecule has 50 heavy (non-hydrogen) atoms. The van der Waals surface area contributed by atoms with Gasteiger partial charge in [0.05, 0.1) is 31.7 Å². The van der Waals surface area contributed by atoms with Crippen LogP contribution in [0.5, 0.6) is 0 Å². The van der Waals surface area contributed by atoms with Crippen molar-refractivity contribution in [2.24, 2.45) is 0 Å². The molecule has 0 aliphatic rings. The summed E-state index contributed by atoms with van der Waals surface area (Å²) in [6.45, 7) is 0. The van der Waals surface area contributed by atoms with Crippen molar-refractivity contribution < 1.29 is 14.0 Å². The van der Waals surface area contributed by atoms with Crippen LogP contribution in [0.2, 0.25) is 0 Å². The number of rotatable bonds is 5. The van der Waals surface area contributed by atoms with E-state index in [0.717, 1.165) is 16.5 Å². The van der Waals surface area contributed by atoms with Crippen molar-refractivity contribution in [3.8, 4) is 51.0 Å². The maximum Gasteiger partial charge on any atom is 0.164 e. The molecule has 0 unspecified atom stereocenters. The molecule has 0 bridgehead atoms. The van der Waals surface area contributed by atoms with Crippen LogP contribution in [0.4, 0.5) is 0 Å². The number of fused-ring (bicyclic) bond motifs is 6. The monoisotopic (exact) mass is 647 g/mol. The van der Waals surface area contributed by atoms with E-state index in [1.54, 1.807) is 10.6 Å². The third kappa shape index (κ3) is 4.52. The van der Waals surface area contributed by atoms with Crippen molar-refractivity contribution in [3.05, 3.63) is 170 Å². The zero-order valence-corrected chi connectivity index (χ0v) is 26.3. The number of hydrogen-bond acceptors (Lipinski definition) is 4. The molecule has 5 nitrogen and oxygen atoms in total. The summed E-state index contributed by atoms with van der Waals surface area (Å²) in [5, 5.41) is 1.51. The van der Waals surface area contributed by atoms with Crippen molar-refractivity contribution >= 4 is 43.7 Å². The lowest BCUT2D eigenvalue weighted by Crippen LogP contribution is -2.00. The SMILES string of the molecule is [2H]c1c([2H])c([2H])c2c(c1[2H])c1c([2H])c([2H])c(-c3nc(-c4ccccc4)nc(-c4ccccc4)n3)c([2H])c1n2-c1cccc2oc3cccc(-c4ccccc4)c3c12. The number of benzene rings is 7. The lowest BCUT2D eigenvalue weighted by molar-refractivity contribution is 0.669. The average Bonchev–Trinajstić information content (AvgIpc) is 3.82. The van der Waals surface area contributed by atoms with Crippen molar-refractivity contribution in [1.29, 1.82) is 0 Å². The van der Waals surface area contributed by atoms with Crippen LogP contribution >= 0.6 is 0 Å². The largest absolute Gasteiger partial charge is 0.456 e. The molecule has 7 aromatic carbocycles. The minimum Gasteiger partial charge on any atom is -0.456 e. The molecule has 0 amide bonds. The van der Waals surface area contributed by atoms with Crippen molar-refractivity contribution in [2.75, 3.05) is 0 Å². The van der Waals surface area contributed by atoms with Gasteiger partial charge in [0, 0.05) is 32.8 Å². The quantitative estimate of drug-likeness (QED) is 0.186. The minimum absolute atomic E-state index is 0.00259. The van der Waals surface area contributed by atoms with Gasteiger partial charge in [0.15, 0.2) is 17.5 Å². The van der Waals surface area contributed by atoms with Gasteiger partial charge in [-0.25, -0.2) is 15.0 Å². The van der Waals surface area contributed by atoms with Crippen molar-refractivity contribution in [3.63, 3.8) is 0 Å². The summed E-state index contributed by atoms with van der Waals surface area (Å²) in [5.74, 6) is 0.629. The summed E-state index contributed by atoms with van der Waals surface area (Å²) >= 11 is 0. The highest BCUT2D eigenvalue weighted by atomic mass is 16.3. The summed E-state index contributed by atoms with van der Waals surface area (Å²) in [5.41, 5.74) is 4.94. The first-order valence-corrected chi connectivity index (χ1v) is 16.1. The highest BCUT2D eigenvalue weighted by Gasteiger charge is 2.21. The fourth-order valence-corrected chi connectivity index (χ4v) is 6.68. The topological polar surface area (TPSA) is 56.7 Å². The van der Waals surface area contributed by atoms with Crippen LogP contribution in [-0.2, 0) is 0 Å². The lowest BCUT2D eigenvalue weighted by atomic mass is 9.99. The first-order chi connectivity index (χ1) is 27.7. The lowest BCUT2D eigenvalue weighted by Gasteiger charge is -2.12. The Hall–Kier alpha value is -6.85. The number of para-hydroxylation sites is 1. The molecular formula is C45H28N4O. The number of aromatic nitrogens is 4. The number of furan rings is 1. The Morgan fingerprint density at radius 3 is 1.70 bits per heavy atom. The van der Waals surface area contributed by atoms with Crippen LogP contribution in [-0.4, -0.2) is 19.5 Å². The van der Waals surface area contributed by atoms with E-state index in [1.807, 2.05) is 121 Å². The maximum atomic E-state index is 9.98. The van der Waals surface area contributed by atoms with E-state index in [-0.39, 0.29) is 63.4 Å². The molecule has 0 N–H and O–H groups in total. The van der Waals surface area contributed by atoms with Gasteiger partial charge in [-0.3, -0.25) is 0 Å². The summed E-state index contributed by atoms with van der Waals surface area (Å²) < 4.78 is 72.9. The number of nitrogens with zero attached hydrogens (tertiary/aromatic N) is 4. The molecule has 0 radical (unpaired) electrons. The molecule has 0 saturated heterocycles. The minimum atomic E-state index is -0.483. The summed E-state index contributed by atoms with van der Waals surface area (Å²) in [4.78, 5) is 14.4. The van der Waals surface area contributed by atoms with Crippen LogP contribution in [0.25, 0.3) is 94.7 Å². The molecule has 0 saturated carbocycles. The first kappa shape index (κ1) is 21.9. The fraction of sp³-hybridized carbons (Fsp3) is 0. The fourth-order valence-electron chi connectivity index (χ4n) is 6.68. The standard InChI is InChI=1S/C45H28N4O/c1-4-14-29(15-5-1)33-21-12-24-39-41(33)42-37(23-13-25-40(42)50-39)49-36-22-11-10-20-34(36)35-27-26-32(28-38(35)49)45-47-43(30-16-6-2-7-17-30)46-44(48-45)31-18-8-3-9-19-31/h1-28H/i10D,11D,20D,22D,26D,27D,28D. The van der Waals surface area contributed by atoms with E-state index in [1.165, 1.54) is 0 Å². The maximum absolute atomic E-state index is 9.98. The highest BCUT2D eigenvalue weighted by molar-refractivity contribution is 6.18. The molecule has 0 atom stereocenters. The van der Waals surface area contributed by atoms with Gasteiger partial charge in [-0.05, 0) is 41.4 Å². The second-order valence-electron chi connectivity index (χ2n) is 11.9. The van der Waals surface area contributed by atoms with E-state index in [4.69, 9.17) is 23.5 Å². The van der Waals surface area contributed by atoms with Gasteiger partial charge < -0.3 is 8.98 Å². The summed E-state index contributed by atoms with van der Waals surface area (Å²) in [6.07, 6.45) is 0. The molecule has 3 aromatic heterocycles. The van der Waals surface area contributed by atoms with E-state index < -0.39 is 12.1 Å². The van der Waals surface area contributed by atoms with E-state index in [2.05, 4.69) is 0 Å². The molecule has 5 heteroatoms. The number of hydrogen-bond donors (Lipinski definition) is 0. The van der Waals surface area contributed by atoms with E-state index >= 15 is 0 Å². The predicted octanol–water partition coefficient (Wildman–Crippen LogP) is 11.5.